The molecule has 0 radical (unpaired) electrons. The van der Waals surface area contributed by atoms with Crippen molar-refractivity contribution in [1.82, 2.24) is 5.32 Å². The highest BCUT2D eigenvalue weighted by Crippen LogP contribution is 2.26. The van der Waals surface area contributed by atoms with E-state index in [1.807, 2.05) is 0 Å². The first-order chi connectivity index (χ1) is 9.16. The second-order valence-electron chi connectivity index (χ2n) is 6.11. The number of carboxylic acid groups (broad SMARTS) is 1. The Hall–Kier alpha value is -0.610. The third kappa shape index (κ3) is 4.46. The van der Waals surface area contributed by atoms with Gasteiger partial charge in [0.1, 0.15) is 0 Å². The summed E-state index contributed by atoms with van der Waals surface area (Å²) in [5.41, 5.74) is 0. The van der Waals surface area contributed by atoms with Gasteiger partial charge in [0.25, 0.3) is 0 Å². The average molecular weight is 269 g/mol. The van der Waals surface area contributed by atoms with Crippen LogP contribution in [0.5, 0.6) is 0 Å². The molecule has 0 amide bonds. The van der Waals surface area contributed by atoms with E-state index < -0.39 is 12.1 Å². The van der Waals surface area contributed by atoms with Crippen molar-refractivity contribution in [2.24, 2.45) is 5.92 Å². The summed E-state index contributed by atoms with van der Waals surface area (Å²) < 4.78 is 5.52. The van der Waals surface area contributed by atoms with Crippen molar-refractivity contribution in [3.8, 4) is 0 Å². The lowest BCUT2D eigenvalue weighted by Crippen LogP contribution is -2.38. The van der Waals surface area contributed by atoms with E-state index in [0.717, 1.165) is 18.9 Å². The van der Waals surface area contributed by atoms with Crippen molar-refractivity contribution in [2.45, 2.75) is 76.5 Å². The SMILES string of the molecule is C[C@@H](NCC1CCC(C(=O)O)O1)C1CCCCCC1. The molecule has 0 aromatic carbocycles. The summed E-state index contributed by atoms with van der Waals surface area (Å²) in [6, 6.07) is 0.519. The van der Waals surface area contributed by atoms with Crippen LogP contribution in [-0.4, -0.2) is 35.9 Å². The lowest BCUT2D eigenvalue weighted by Gasteiger charge is -2.25. The first-order valence-electron chi connectivity index (χ1n) is 7.78. The highest BCUT2D eigenvalue weighted by atomic mass is 16.5. The maximum atomic E-state index is 10.8. The number of hydrogen-bond acceptors (Lipinski definition) is 3. The summed E-state index contributed by atoms with van der Waals surface area (Å²) in [5, 5.41) is 12.5. The van der Waals surface area contributed by atoms with Crippen LogP contribution in [0, 0.1) is 5.92 Å². The van der Waals surface area contributed by atoms with Gasteiger partial charge in [-0.15, -0.1) is 0 Å². The fourth-order valence-electron chi connectivity index (χ4n) is 3.33. The van der Waals surface area contributed by atoms with E-state index in [2.05, 4.69) is 12.2 Å². The summed E-state index contributed by atoms with van der Waals surface area (Å²) >= 11 is 0. The lowest BCUT2D eigenvalue weighted by molar-refractivity contribution is -0.149. The predicted octanol–water partition coefficient (Wildman–Crippen LogP) is 2.57. The maximum absolute atomic E-state index is 10.8. The molecule has 2 aliphatic rings. The van der Waals surface area contributed by atoms with Crippen LogP contribution in [0.4, 0.5) is 0 Å². The number of rotatable bonds is 5. The second-order valence-corrected chi connectivity index (χ2v) is 6.11. The van der Waals surface area contributed by atoms with Gasteiger partial charge in [-0.05, 0) is 38.5 Å². The van der Waals surface area contributed by atoms with Gasteiger partial charge in [-0.2, -0.15) is 0 Å². The van der Waals surface area contributed by atoms with Crippen LogP contribution in [0.25, 0.3) is 0 Å². The number of carbonyl (C=O) groups is 1. The summed E-state index contributed by atoms with van der Waals surface area (Å²) in [5.74, 6) is -0.0431. The Balaban J connectivity index is 1.68. The molecule has 2 fully saturated rings. The van der Waals surface area contributed by atoms with Crippen LogP contribution < -0.4 is 5.32 Å². The van der Waals surface area contributed by atoms with Crippen LogP contribution >= 0.6 is 0 Å². The van der Waals surface area contributed by atoms with Crippen molar-refractivity contribution in [2.75, 3.05) is 6.54 Å². The third-order valence-corrected chi connectivity index (χ3v) is 4.66. The molecule has 1 saturated carbocycles. The first kappa shape index (κ1) is 14.8. The molecule has 1 aliphatic heterocycles. The van der Waals surface area contributed by atoms with E-state index in [0.29, 0.717) is 12.5 Å². The van der Waals surface area contributed by atoms with Crippen molar-refractivity contribution in [3.05, 3.63) is 0 Å². The molecule has 2 N–H and O–H groups in total. The van der Waals surface area contributed by atoms with Gasteiger partial charge in [0.15, 0.2) is 6.10 Å². The monoisotopic (exact) mass is 269 g/mol. The third-order valence-electron chi connectivity index (χ3n) is 4.66. The van der Waals surface area contributed by atoms with Gasteiger partial charge in [-0.25, -0.2) is 4.79 Å². The summed E-state index contributed by atoms with van der Waals surface area (Å²) in [6.45, 7) is 3.06. The molecule has 2 rings (SSSR count). The first-order valence-corrected chi connectivity index (χ1v) is 7.78. The van der Waals surface area contributed by atoms with Crippen LogP contribution in [0.3, 0.4) is 0 Å². The van der Waals surface area contributed by atoms with Crippen molar-refractivity contribution in [3.63, 3.8) is 0 Å². The van der Waals surface area contributed by atoms with Gasteiger partial charge < -0.3 is 15.2 Å². The number of aliphatic carboxylic acids is 1. The molecular weight excluding hydrogens is 242 g/mol. The minimum absolute atomic E-state index is 0.0781. The standard InChI is InChI=1S/C15H27NO3/c1-11(12-6-4-2-3-5-7-12)16-10-13-8-9-14(19-13)15(17)18/h11-14,16H,2-10H2,1H3,(H,17,18)/t11-,13?,14?/m1/s1. The number of nitrogens with one attached hydrogen (secondary N) is 1. The number of ether oxygens (including phenoxy) is 1. The Labute approximate surface area is 115 Å². The highest BCUT2D eigenvalue weighted by molar-refractivity contribution is 5.72. The largest absolute Gasteiger partial charge is 0.479 e. The number of carboxylic acids is 1. The molecular formula is C15H27NO3. The molecule has 4 heteroatoms. The highest BCUT2D eigenvalue weighted by Gasteiger charge is 2.30. The molecule has 2 unspecified atom stereocenters. The maximum Gasteiger partial charge on any atom is 0.332 e. The van der Waals surface area contributed by atoms with Crippen molar-refractivity contribution in [1.29, 1.82) is 0 Å². The molecule has 19 heavy (non-hydrogen) atoms. The van der Waals surface area contributed by atoms with Gasteiger partial charge in [0.2, 0.25) is 0 Å². The Morgan fingerprint density at radius 3 is 2.47 bits per heavy atom. The van der Waals surface area contributed by atoms with E-state index in [4.69, 9.17) is 9.84 Å². The predicted molar refractivity (Wildman–Crippen MR) is 74.2 cm³/mol. The summed E-state index contributed by atoms with van der Waals surface area (Å²) in [7, 11) is 0. The van der Waals surface area contributed by atoms with E-state index in [-0.39, 0.29) is 6.10 Å². The van der Waals surface area contributed by atoms with E-state index in [1.54, 1.807) is 0 Å². The molecule has 0 bridgehead atoms. The Bertz CT molecular complexity index is 287. The Morgan fingerprint density at radius 1 is 1.21 bits per heavy atom. The van der Waals surface area contributed by atoms with Crippen molar-refractivity contribution >= 4 is 5.97 Å². The quantitative estimate of drug-likeness (QED) is 0.753. The molecule has 1 aliphatic carbocycles. The van der Waals surface area contributed by atoms with Gasteiger partial charge >= 0.3 is 5.97 Å². The van der Waals surface area contributed by atoms with Gasteiger partial charge in [0, 0.05) is 12.6 Å². The van der Waals surface area contributed by atoms with Crippen LogP contribution in [-0.2, 0) is 9.53 Å². The van der Waals surface area contributed by atoms with Gasteiger partial charge in [0.05, 0.1) is 6.10 Å². The smallest absolute Gasteiger partial charge is 0.332 e. The molecule has 0 spiro atoms. The normalized spacial score (nSPS) is 31.0. The zero-order chi connectivity index (χ0) is 13.7. The Morgan fingerprint density at radius 2 is 1.89 bits per heavy atom. The lowest BCUT2D eigenvalue weighted by atomic mass is 9.93. The zero-order valence-corrected chi connectivity index (χ0v) is 11.9. The van der Waals surface area contributed by atoms with E-state index >= 15 is 0 Å². The van der Waals surface area contributed by atoms with Crippen LogP contribution in [0.2, 0.25) is 0 Å². The summed E-state index contributed by atoms with van der Waals surface area (Å²) in [6.07, 6.45) is 9.16. The van der Waals surface area contributed by atoms with E-state index in [9.17, 15) is 4.79 Å². The molecule has 1 saturated heterocycles. The minimum Gasteiger partial charge on any atom is -0.479 e. The molecule has 110 valence electrons. The molecule has 0 aromatic rings. The van der Waals surface area contributed by atoms with E-state index in [1.165, 1.54) is 38.5 Å². The second kappa shape index (κ2) is 7.25. The summed E-state index contributed by atoms with van der Waals surface area (Å²) in [4.78, 5) is 10.8. The van der Waals surface area contributed by atoms with Crippen molar-refractivity contribution < 1.29 is 14.6 Å². The molecule has 1 heterocycles. The molecule has 4 nitrogen and oxygen atoms in total. The Kier molecular flexibility index (Phi) is 5.64. The molecule has 3 atom stereocenters. The van der Waals surface area contributed by atoms with Gasteiger partial charge in [-0.3, -0.25) is 0 Å². The fraction of sp³-hybridized carbons (Fsp3) is 0.933. The van der Waals surface area contributed by atoms with Crippen LogP contribution in [0.15, 0.2) is 0 Å². The van der Waals surface area contributed by atoms with Crippen LogP contribution in [0.1, 0.15) is 58.3 Å². The fourth-order valence-corrected chi connectivity index (χ4v) is 3.33. The molecule has 0 aromatic heterocycles. The topological polar surface area (TPSA) is 58.6 Å². The average Bonchev–Trinajstić information content (AvgIpc) is 2.70. The minimum atomic E-state index is -0.820. The zero-order valence-electron chi connectivity index (χ0n) is 11.9. The van der Waals surface area contributed by atoms with Gasteiger partial charge in [-0.1, -0.05) is 25.7 Å². The number of hydrogen-bond donors (Lipinski definition) is 2.